The van der Waals surface area contributed by atoms with Crippen molar-refractivity contribution >= 4 is 18.0 Å². The van der Waals surface area contributed by atoms with Gasteiger partial charge in [0.15, 0.2) is 11.9 Å². The van der Waals surface area contributed by atoms with Crippen LogP contribution in [0, 0.1) is 23.7 Å². The molecule has 11 heteroatoms. The summed E-state index contributed by atoms with van der Waals surface area (Å²) in [6.07, 6.45) is 2.54. The number of aliphatic carboxylic acids is 1. The summed E-state index contributed by atoms with van der Waals surface area (Å²) in [6, 6.07) is -1.03. The standard InChI is InChI=1S/C27H44N2O9/c1-15-7-8-18-16(2)20(34-23-27(18)17(15)11-13-26(6,35-23)37-38-27)12-14-28-22(32)19(9-10-21(30)31)29-24(33)36-25(3,4)5/h15-20,23H,7-14H2,1-6H3,(H,28,32)(H,29,33)(H,30,31)/t15-,16-,17+,18+,19+,20-,23-,26-,27-/m1/s1. The molecule has 9 atom stereocenters. The van der Waals surface area contributed by atoms with E-state index in [1.807, 2.05) is 6.92 Å². The van der Waals surface area contributed by atoms with Gasteiger partial charge in [-0.3, -0.25) is 9.59 Å². The average molecular weight is 541 g/mol. The zero-order chi connectivity index (χ0) is 27.9. The van der Waals surface area contributed by atoms with Crippen molar-refractivity contribution in [2.45, 2.75) is 122 Å². The lowest BCUT2D eigenvalue weighted by atomic mass is 9.57. The Morgan fingerprint density at radius 1 is 1.11 bits per heavy atom. The minimum atomic E-state index is -1.05. The highest BCUT2D eigenvalue weighted by molar-refractivity contribution is 5.86. The van der Waals surface area contributed by atoms with Crippen molar-refractivity contribution in [1.29, 1.82) is 0 Å². The van der Waals surface area contributed by atoms with E-state index >= 15 is 0 Å². The highest BCUT2D eigenvalue weighted by Gasteiger charge is 2.69. The molecule has 5 rings (SSSR count). The van der Waals surface area contributed by atoms with Crippen molar-refractivity contribution in [2.24, 2.45) is 23.7 Å². The number of hydrogen-bond acceptors (Lipinski definition) is 8. The van der Waals surface area contributed by atoms with Crippen LogP contribution in [-0.4, -0.2) is 65.0 Å². The number of nitrogens with one attached hydrogen (secondary N) is 2. The molecular weight excluding hydrogens is 496 g/mol. The molecule has 0 aromatic carbocycles. The molecule has 38 heavy (non-hydrogen) atoms. The highest BCUT2D eigenvalue weighted by Crippen LogP contribution is 2.60. The van der Waals surface area contributed by atoms with Gasteiger partial charge in [0.2, 0.25) is 11.7 Å². The molecule has 4 aliphatic heterocycles. The van der Waals surface area contributed by atoms with Gasteiger partial charge in [0.25, 0.3) is 0 Å². The van der Waals surface area contributed by atoms with Gasteiger partial charge in [0, 0.05) is 25.3 Å². The summed E-state index contributed by atoms with van der Waals surface area (Å²) in [5.41, 5.74) is -1.38. The maximum absolute atomic E-state index is 12.9. The first kappa shape index (κ1) is 29.0. The van der Waals surface area contributed by atoms with E-state index in [-0.39, 0.29) is 36.7 Å². The fourth-order valence-corrected chi connectivity index (χ4v) is 6.76. The van der Waals surface area contributed by atoms with Crippen LogP contribution in [0.25, 0.3) is 0 Å². The first-order chi connectivity index (χ1) is 17.7. The molecule has 216 valence electrons. The molecule has 0 radical (unpaired) electrons. The quantitative estimate of drug-likeness (QED) is 0.394. The van der Waals surface area contributed by atoms with E-state index in [1.54, 1.807) is 20.8 Å². The Kier molecular flexibility index (Phi) is 8.33. The molecule has 4 heterocycles. The van der Waals surface area contributed by atoms with E-state index < -0.39 is 47.3 Å². The molecule has 1 saturated carbocycles. The summed E-state index contributed by atoms with van der Waals surface area (Å²) < 4.78 is 18.2. The van der Waals surface area contributed by atoms with Crippen molar-refractivity contribution in [3.8, 4) is 0 Å². The number of carboxylic acid groups (broad SMARTS) is 1. The molecule has 2 bridgehead atoms. The molecule has 0 aromatic rings. The Morgan fingerprint density at radius 3 is 2.53 bits per heavy atom. The summed E-state index contributed by atoms with van der Waals surface area (Å²) in [5, 5.41) is 14.4. The number of amides is 2. The second-order valence-electron chi connectivity index (χ2n) is 12.7. The molecule has 0 aromatic heterocycles. The van der Waals surface area contributed by atoms with Crippen LogP contribution in [0.1, 0.15) is 86.5 Å². The Morgan fingerprint density at radius 2 is 1.84 bits per heavy atom. The SMILES string of the molecule is C[C@H]1[C@@H](CCNC(=O)[C@H](CCC(=O)O)NC(=O)OC(C)(C)C)O[C@@H]2O[C@@]3(C)CC[C@H]4[C@H](C)CC[C@@H]1[C@@]24OO3. The molecule has 4 saturated heterocycles. The Labute approximate surface area is 224 Å². The van der Waals surface area contributed by atoms with Gasteiger partial charge in [-0.1, -0.05) is 13.8 Å². The number of carboxylic acids is 1. The predicted molar refractivity (Wildman–Crippen MR) is 134 cm³/mol. The zero-order valence-electron chi connectivity index (χ0n) is 23.4. The van der Waals surface area contributed by atoms with Gasteiger partial charge >= 0.3 is 12.1 Å². The van der Waals surface area contributed by atoms with Crippen LogP contribution in [0.5, 0.6) is 0 Å². The number of fused-ring (bicyclic) bond motifs is 2. The lowest BCUT2D eigenvalue weighted by Crippen LogP contribution is -2.70. The molecule has 1 spiro atoms. The third kappa shape index (κ3) is 5.95. The van der Waals surface area contributed by atoms with E-state index in [0.29, 0.717) is 18.9 Å². The van der Waals surface area contributed by atoms with Crippen LogP contribution in [0.3, 0.4) is 0 Å². The van der Waals surface area contributed by atoms with Crippen molar-refractivity contribution in [1.82, 2.24) is 10.6 Å². The number of hydrogen-bond donors (Lipinski definition) is 3. The first-order valence-electron chi connectivity index (χ1n) is 13.9. The van der Waals surface area contributed by atoms with Crippen LogP contribution in [0.4, 0.5) is 4.79 Å². The number of alkyl carbamates (subject to hydrolysis) is 1. The van der Waals surface area contributed by atoms with Gasteiger partial charge in [-0.05, 0) is 77.6 Å². The Hall–Kier alpha value is -1.95. The third-order valence-electron chi connectivity index (χ3n) is 8.68. The highest BCUT2D eigenvalue weighted by atomic mass is 17.3. The minimum absolute atomic E-state index is 0.0489. The molecular formula is C27H44N2O9. The van der Waals surface area contributed by atoms with Crippen molar-refractivity contribution < 1.29 is 43.5 Å². The maximum atomic E-state index is 12.9. The van der Waals surface area contributed by atoms with Gasteiger partial charge < -0.3 is 30.0 Å². The third-order valence-corrected chi connectivity index (χ3v) is 8.68. The van der Waals surface area contributed by atoms with Gasteiger partial charge in [-0.2, -0.15) is 0 Å². The number of carbonyl (C=O) groups excluding carboxylic acids is 2. The Bertz CT molecular complexity index is 907. The largest absolute Gasteiger partial charge is 0.481 e. The van der Waals surface area contributed by atoms with E-state index in [2.05, 4.69) is 24.5 Å². The second kappa shape index (κ2) is 10.9. The van der Waals surface area contributed by atoms with Crippen molar-refractivity contribution in [2.75, 3.05) is 6.54 Å². The van der Waals surface area contributed by atoms with Crippen LogP contribution < -0.4 is 10.6 Å². The van der Waals surface area contributed by atoms with Crippen molar-refractivity contribution in [3.05, 3.63) is 0 Å². The van der Waals surface area contributed by atoms with Gasteiger partial charge in [-0.25, -0.2) is 14.6 Å². The molecule has 3 N–H and O–H groups in total. The molecule has 5 fully saturated rings. The summed E-state index contributed by atoms with van der Waals surface area (Å²) >= 11 is 0. The number of rotatable bonds is 8. The van der Waals surface area contributed by atoms with Crippen molar-refractivity contribution in [3.63, 3.8) is 0 Å². The molecule has 0 unspecified atom stereocenters. The summed E-state index contributed by atoms with van der Waals surface area (Å²) in [4.78, 5) is 48.3. The van der Waals surface area contributed by atoms with E-state index in [0.717, 1.165) is 25.7 Å². The second-order valence-corrected chi connectivity index (χ2v) is 12.7. The van der Waals surface area contributed by atoms with Gasteiger partial charge in [0.05, 0.1) is 6.10 Å². The average Bonchev–Trinajstić information content (AvgIpc) is 3.04. The lowest BCUT2D eigenvalue weighted by molar-refractivity contribution is -0.571. The van der Waals surface area contributed by atoms with Crippen LogP contribution in [-0.2, 0) is 33.6 Å². The maximum Gasteiger partial charge on any atom is 0.408 e. The normalized spacial score (nSPS) is 38.9. The lowest BCUT2D eigenvalue weighted by Gasteiger charge is -2.60. The first-order valence-corrected chi connectivity index (χ1v) is 13.9. The van der Waals surface area contributed by atoms with Crippen LogP contribution in [0.2, 0.25) is 0 Å². The Balaban J connectivity index is 1.39. The number of carbonyl (C=O) groups is 3. The monoisotopic (exact) mass is 540 g/mol. The van der Waals surface area contributed by atoms with Gasteiger partial charge in [-0.15, -0.1) is 0 Å². The summed E-state index contributed by atoms with van der Waals surface area (Å²) in [7, 11) is 0. The van der Waals surface area contributed by atoms with Crippen LogP contribution >= 0.6 is 0 Å². The molecule has 2 amide bonds. The summed E-state index contributed by atoms with van der Waals surface area (Å²) in [5.74, 6) is -1.25. The number of ether oxygens (including phenoxy) is 3. The fourth-order valence-electron chi connectivity index (χ4n) is 6.76. The predicted octanol–water partition coefficient (Wildman–Crippen LogP) is 3.50. The van der Waals surface area contributed by atoms with E-state index in [1.165, 1.54) is 0 Å². The molecule has 11 nitrogen and oxygen atoms in total. The minimum Gasteiger partial charge on any atom is -0.481 e. The topological polar surface area (TPSA) is 142 Å². The summed E-state index contributed by atoms with van der Waals surface area (Å²) in [6.45, 7) is 11.8. The van der Waals surface area contributed by atoms with Gasteiger partial charge in [0.1, 0.15) is 11.6 Å². The van der Waals surface area contributed by atoms with Crippen LogP contribution in [0.15, 0.2) is 0 Å². The molecule has 1 aliphatic carbocycles. The van der Waals surface area contributed by atoms with E-state index in [9.17, 15) is 14.4 Å². The van der Waals surface area contributed by atoms with E-state index in [4.69, 9.17) is 29.1 Å². The fraction of sp³-hybridized carbons (Fsp3) is 0.889. The molecule has 5 aliphatic rings. The zero-order valence-corrected chi connectivity index (χ0v) is 23.4. The smallest absolute Gasteiger partial charge is 0.408 e.